The number of benzene rings is 1. The molecule has 2 aromatic rings. The zero-order valence-electron chi connectivity index (χ0n) is 14.6. The summed E-state index contributed by atoms with van der Waals surface area (Å²) in [5.41, 5.74) is 7.03. The number of amides is 1. The molecule has 1 aromatic heterocycles. The van der Waals surface area contributed by atoms with Crippen molar-refractivity contribution in [1.29, 1.82) is 0 Å². The molecular formula is C17H24N4O4. The minimum atomic E-state index is -0.922. The maximum atomic E-state index is 12.5. The van der Waals surface area contributed by atoms with Crippen molar-refractivity contribution in [3.8, 4) is 0 Å². The summed E-state index contributed by atoms with van der Waals surface area (Å²) in [6, 6.07) is 5.14. The van der Waals surface area contributed by atoms with Gasteiger partial charge in [0, 0.05) is 32.0 Å². The van der Waals surface area contributed by atoms with Crippen molar-refractivity contribution in [1.82, 2.24) is 9.47 Å². The number of nitrogens with two attached hydrogens (primary N) is 1. The van der Waals surface area contributed by atoms with E-state index in [0.29, 0.717) is 55.9 Å². The van der Waals surface area contributed by atoms with Crippen LogP contribution in [0, 0.1) is 0 Å². The van der Waals surface area contributed by atoms with Crippen molar-refractivity contribution < 1.29 is 13.9 Å². The molecule has 0 bridgehead atoms. The molecule has 1 aliphatic heterocycles. The molecule has 0 aliphatic carbocycles. The minimum Gasteiger partial charge on any atom is -0.408 e. The number of aromatic nitrogens is 1. The second kappa shape index (κ2) is 6.99. The normalized spacial score (nSPS) is 17.1. The number of hydrogen-bond acceptors (Lipinski definition) is 6. The van der Waals surface area contributed by atoms with Crippen molar-refractivity contribution in [3.05, 3.63) is 28.7 Å². The van der Waals surface area contributed by atoms with E-state index in [9.17, 15) is 9.59 Å². The molecule has 3 N–H and O–H groups in total. The van der Waals surface area contributed by atoms with Crippen LogP contribution in [0.15, 0.2) is 27.4 Å². The van der Waals surface area contributed by atoms with Crippen molar-refractivity contribution in [3.63, 3.8) is 0 Å². The smallest absolute Gasteiger partial charge is 0.408 e. The average Bonchev–Trinajstić information content (AvgIpc) is 2.88. The quantitative estimate of drug-likeness (QED) is 0.820. The van der Waals surface area contributed by atoms with Gasteiger partial charge in [-0.05, 0) is 45.1 Å². The lowest BCUT2D eigenvalue weighted by molar-refractivity contribution is -0.124. The number of carbonyl (C=O) groups is 1. The zero-order chi connectivity index (χ0) is 18.0. The van der Waals surface area contributed by atoms with E-state index in [1.54, 1.807) is 22.8 Å². The highest BCUT2D eigenvalue weighted by Gasteiger charge is 2.36. The van der Waals surface area contributed by atoms with Crippen molar-refractivity contribution in [2.45, 2.75) is 24.9 Å². The molecule has 1 saturated heterocycles. The van der Waals surface area contributed by atoms with Gasteiger partial charge in [0.2, 0.25) is 5.91 Å². The SMILES string of the molecule is CN(C)CCn1c(=O)oc2ccc(NC(=O)C3(N)CCOCC3)cc21. The number of carbonyl (C=O) groups excluding carboxylic acids is 1. The number of hydrogen-bond donors (Lipinski definition) is 2. The van der Waals surface area contributed by atoms with Gasteiger partial charge < -0.3 is 25.1 Å². The van der Waals surface area contributed by atoms with Gasteiger partial charge in [0.15, 0.2) is 5.58 Å². The molecule has 136 valence electrons. The van der Waals surface area contributed by atoms with E-state index in [4.69, 9.17) is 14.9 Å². The number of rotatable bonds is 5. The Hall–Kier alpha value is -2.16. The van der Waals surface area contributed by atoms with Gasteiger partial charge in [0.05, 0.1) is 5.52 Å². The van der Waals surface area contributed by atoms with Crippen LogP contribution in [0.25, 0.3) is 11.1 Å². The molecule has 1 amide bonds. The molecule has 0 unspecified atom stereocenters. The number of nitrogens with zero attached hydrogens (tertiary/aromatic N) is 2. The lowest BCUT2D eigenvalue weighted by Crippen LogP contribution is -2.54. The van der Waals surface area contributed by atoms with Crippen molar-refractivity contribution in [2.24, 2.45) is 5.73 Å². The number of nitrogens with one attached hydrogen (secondary N) is 1. The van der Waals surface area contributed by atoms with Gasteiger partial charge in [0.25, 0.3) is 0 Å². The van der Waals surface area contributed by atoms with E-state index < -0.39 is 11.3 Å². The maximum absolute atomic E-state index is 12.5. The molecule has 0 radical (unpaired) electrons. The van der Waals surface area contributed by atoms with Crippen molar-refractivity contribution in [2.75, 3.05) is 39.2 Å². The Kier molecular flexibility index (Phi) is 4.94. The topological polar surface area (TPSA) is 103 Å². The molecule has 8 heteroatoms. The van der Waals surface area contributed by atoms with Crippen LogP contribution < -0.4 is 16.8 Å². The summed E-state index contributed by atoms with van der Waals surface area (Å²) in [5, 5.41) is 2.86. The van der Waals surface area contributed by atoms with Crippen LogP contribution in [0.4, 0.5) is 5.69 Å². The van der Waals surface area contributed by atoms with E-state index in [1.807, 2.05) is 19.0 Å². The first-order valence-electron chi connectivity index (χ1n) is 8.35. The first kappa shape index (κ1) is 17.7. The molecular weight excluding hydrogens is 324 g/mol. The molecule has 3 rings (SSSR count). The largest absolute Gasteiger partial charge is 0.419 e. The molecule has 0 atom stereocenters. The van der Waals surface area contributed by atoms with Crippen LogP contribution >= 0.6 is 0 Å². The van der Waals surface area contributed by atoms with Gasteiger partial charge >= 0.3 is 5.76 Å². The number of oxazole rings is 1. The Morgan fingerprint density at radius 3 is 2.76 bits per heavy atom. The number of anilines is 1. The average molecular weight is 348 g/mol. The molecule has 1 aliphatic rings. The first-order valence-corrected chi connectivity index (χ1v) is 8.35. The zero-order valence-corrected chi connectivity index (χ0v) is 14.6. The standard InChI is InChI=1S/C17H24N4O4/c1-20(2)7-8-21-13-11-12(3-4-14(13)25-16(21)23)19-15(22)17(18)5-9-24-10-6-17/h3-4,11H,5-10,18H2,1-2H3,(H,19,22). The van der Waals surface area contributed by atoms with Crippen LogP contribution in [0.1, 0.15) is 12.8 Å². The molecule has 0 spiro atoms. The van der Waals surface area contributed by atoms with Crippen LogP contribution in [-0.2, 0) is 16.1 Å². The molecule has 1 aromatic carbocycles. The molecule has 8 nitrogen and oxygen atoms in total. The van der Waals surface area contributed by atoms with Gasteiger partial charge in [-0.3, -0.25) is 9.36 Å². The van der Waals surface area contributed by atoms with E-state index in [1.165, 1.54) is 0 Å². The van der Waals surface area contributed by atoms with Gasteiger partial charge in [-0.15, -0.1) is 0 Å². The van der Waals surface area contributed by atoms with Gasteiger partial charge in [0.1, 0.15) is 5.54 Å². The van der Waals surface area contributed by atoms with Crippen LogP contribution in [0.3, 0.4) is 0 Å². The van der Waals surface area contributed by atoms with Gasteiger partial charge in [-0.25, -0.2) is 4.79 Å². The Morgan fingerprint density at radius 2 is 2.08 bits per heavy atom. The van der Waals surface area contributed by atoms with Crippen LogP contribution in [-0.4, -0.2) is 54.8 Å². The summed E-state index contributed by atoms with van der Waals surface area (Å²) in [4.78, 5) is 26.6. The summed E-state index contributed by atoms with van der Waals surface area (Å²) in [7, 11) is 3.88. The predicted molar refractivity (Wildman–Crippen MR) is 94.6 cm³/mol. The summed E-state index contributed by atoms with van der Waals surface area (Å²) >= 11 is 0. The Balaban J connectivity index is 1.83. The first-order chi connectivity index (χ1) is 11.9. The highest BCUT2D eigenvalue weighted by Crippen LogP contribution is 2.22. The third kappa shape index (κ3) is 3.76. The fraction of sp³-hybridized carbons (Fsp3) is 0.529. The summed E-state index contributed by atoms with van der Waals surface area (Å²) < 4.78 is 12.1. The second-order valence-electron chi connectivity index (χ2n) is 6.73. The summed E-state index contributed by atoms with van der Waals surface area (Å²) in [6.45, 7) is 2.18. The Bertz CT molecular complexity index is 818. The lowest BCUT2D eigenvalue weighted by Gasteiger charge is -2.31. The number of ether oxygens (including phenoxy) is 1. The lowest BCUT2D eigenvalue weighted by atomic mass is 9.90. The second-order valence-corrected chi connectivity index (χ2v) is 6.73. The monoisotopic (exact) mass is 348 g/mol. The molecule has 25 heavy (non-hydrogen) atoms. The predicted octanol–water partition coefficient (Wildman–Crippen LogP) is 0.603. The molecule has 1 fully saturated rings. The van der Waals surface area contributed by atoms with E-state index in [-0.39, 0.29) is 5.91 Å². The van der Waals surface area contributed by atoms with E-state index in [2.05, 4.69) is 5.32 Å². The summed E-state index contributed by atoms with van der Waals surface area (Å²) in [5.74, 6) is -0.638. The van der Waals surface area contributed by atoms with Gasteiger partial charge in [-0.2, -0.15) is 0 Å². The third-order valence-electron chi connectivity index (χ3n) is 4.53. The van der Waals surface area contributed by atoms with E-state index >= 15 is 0 Å². The molecule has 0 saturated carbocycles. The Morgan fingerprint density at radius 1 is 1.36 bits per heavy atom. The fourth-order valence-electron chi connectivity index (χ4n) is 2.87. The number of fused-ring (bicyclic) bond motifs is 1. The van der Waals surface area contributed by atoms with Crippen LogP contribution in [0.2, 0.25) is 0 Å². The molecule has 2 heterocycles. The third-order valence-corrected chi connectivity index (χ3v) is 4.53. The van der Waals surface area contributed by atoms with Crippen LogP contribution in [0.5, 0.6) is 0 Å². The summed E-state index contributed by atoms with van der Waals surface area (Å²) in [6.07, 6.45) is 0.973. The highest BCUT2D eigenvalue weighted by atomic mass is 16.5. The Labute approximate surface area is 145 Å². The van der Waals surface area contributed by atoms with Gasteiger partial charge in [-0.1, -0.05) is 0 Å². The number of likely N-dealkylation sites (N-methyl/N-ethyl adjacent to an activating group) is 1. The van der Waals surface area contributed by atoms with E-state index in [0.717, 1.165) is 0 Å². The van der Waals surface area contributed by atoms with Crippen molar-refractivity contribution >= 4 is 22.7 Å². The maximum Gasteiger partial charge on any atom is 0.419 e. The minimum absolute atomic E-state index is 0.235. The highest BCUT2D eigenvalue weighted by molar-refractivity contribution is 5.99. The fourth-order valence-corrected chi connectivity index (χ4v) is 2.87.